The van der Waals surface area contributed by atoms with Crippen LogP contribution in [0.4, 0.5) is 5.69 Å². The topological polar surface area (TPSA) is 65.2 Å². The van der Waals surface area contributed by atoms with Gasteiger partial charge >= 0.3 is 0 Å². The van der Waals surface area contributed by atoms with Crippen LogP contribution in [-0.4, -0.2) is 34.8 Å². The number of amides is 2. The molecule has 0 bridgehead atoms. The predicted molar refractivity (Wildman–Crippen MR) is 110 cm³/mol. The van der Waals surface area contributed by atoms with E-state index in [4.69, 9.17) is 0 Å². The van der Waals surface area contributed by atoms with Crippen molar-refractivity contribution in [3.8, 4) is 0 Å². The standard InChI is InChI=1S/C22H31N3O2/c1-2-3-4-5-6-10-17-25(22(27)20-14-11-16-23-20)18-15-21(26)24-19-12-8-7-9-13-19/h7-9,11-14,16,23H,2-6,10,15,17-18H2,1H3,(H,24,26). The quantitative estimate of drug-likeness (QED) is 0.525. The van der Waals surface area contributed by atoms with Crippen molar-refractivity contribution in [1.82, 2.24) is 9.88 Å². The van der Waals surface area contributed by atoms with Crippen molar-refractivity contribution in [3.05, 3.63) is 54.4 Å². The number of hydrogen-bond acceptors (Lipinski definition) is 2. The van der Waals surface area contributed by atoms with Crippen LogP contribution in [0.2, 0.25) is 0 Å². The zero-order chi connectivity index (χ0) is 19.3. The van der Waals surface area contributed by atoms with Crippen molar-refractivity contribution in [1.29, 1.82) is 0 Å². The number of hydrogen-bond donors (Lipinski definition) is 2. The van der Waals surface area contributed by atoms with Gasteiger partial charge in [-0.25, -0.2) is 0 Å². The van der Waals surface area contributed by atoms with E-state index in [1.54, 1.807) is 17.2 Å². The van der Waals surface area contributed by atoms with Crippen molar-refractivity contribution >= 4 is 17.5 Å². The number of nitrogens with one attached hydrogen (secondary N) is 2. The number of aromatic amines is 1. The number of anilines is 1. The van der Waals surface area contributed by atoms with E-state index in [9.17, 15) is 9.59 Å². The Labute approximate surface area is 162 Å². The number of carbonyl (C=O) groups is 2. The SMILES string of the molecule is CCCCCCCCN(CCC(=O)Nc1ccccc1)C(=O)c1ccc[nH]1. The Bertz CT molecular complexity index is 668. The fourth-order valence-electron chi connectivity index (χ4n) is 3.01. The van der Waals surface area contributed by atoms with Gasteiger partial charge in [0.2, 0.25) is 5.91 Å². The summed E-state index contributed by atoms with van der Waals surface area (Å²) in [6.07, 6.45) is 9.07. The molecule has 1 heterocycles. The van der Waals surface area contributed by atoms with E-state index in [0.717, 1.165) is 18.5 Å². The molecule has 0 unspecified atom stereocenters. The Balaban J connectivity index is 1.83. The Hall–Kier alpha value is -2.56. The third kappa shape index (κ3) is 7.69. The van der Waals surface area contributed by atoms with Crippen LogP contribution in [-0.2, 0) is 4.79 Å². The highest BCUT2D eigenvalue weighted by Crippen LogP contribution is 2.10. The maximum atomic E-state index is 12.7. The van der Waals surface area contributed by atoms with E-state index in [1.165, 1.54) is 25.7 Å². The lowest BCUT2D eigenvalue weighted by Gasteiger charge is -2.22. The molecule has 0 spiro atoms. The number of H-pyrrole nitrogens is 1. The van der Waals surface area contributed by atoms with E-state index in [-0.39, 0.29) is 18.2 Å². The minimum Gasteiger partial charge on any atom is -0.357 e. The fraction of sp³-hybridized carbons (Fsp3) is 0.455. The van der Waals surface area contributed by atoms with Crippen molar-refractivity contribution in [2.24, 2.45) is 0 Å². The third-order valence-electron chi connectivity index (χ3n) is 4.56. The first-order chi connectivity index (χ1) is 13.2. The summed E-state index contributed by atoms with van der Waals surface area (Å²) in [5, 5.41) is 2.88. The van der Waals surface area contributed by atoms with E-state index >= 15 is 0 Å². The molecule has 1 aromatic heterocycles. The highest BCUT2D eigenvalue weighted by atomic mass is 16.2. The van der Waals surface area contributed by atoms with Crippen LogP contribution in [0.3, 0.4) is 0 Å². The molecule has 2 amide bonds. The highest BCUT2D eigenvalue weighted by molar-refractivity contribution is 5.94. The summed E-state index contributed by atoms with van der Waals surface area (Å²) < 4.78 is 0. The smallest absolute Gasteiger partial charge is 0.270 e. The minimum atomic E-state index is -0.0755. The van der Waals surface area contributed by atoms with Crippen LogP contribution < -0.4 is 5.32 Å². The highest BCUT2D eigenvalue weighted by Gasteiger charge is 2.17. The van der Waals surface area contributed by atoms with Gasteiger partial charge in [-0.05, 0) is 30.7 Å². The van der Waals surface area contributed by atoms with Crippen molar-refractivity contribution in [2.45, 2.75) is 51.9 Å². The fourth-order valence-corrected chi connectivity index (χ4v) is 3.01. The lowest BCUT2D eigenvalue weighted by atomic mass is 10.1. The summed E-state index contributed by atoms with van der Waals surface area (Å²) in [4.78, 5) is 29.7. The first kappa shape index (κ1) is 20.7. The molecule has 0 aliphatic rings. The van der Waals surface area contributed by atoms with Gasteiger partial charge in [0.1, 0.15) is 5.69 Å². The third-order valence-corrected chi connectivity index (χ3v) is 4.56. The lowest BCUT2D eigenvalue weighted by Crippen LogP contribution is -2.35. The molecule has 5 nitrogen and oxygen atoms in total. The largest absolute Gasteiger partial charge is 0.357 e. The van der Waals surface area contributed by atoms with Crippen molar-refractivity contribution < 1.29 is 9.59 Å². The first-order valence-electron chi connectivity index (χ1n) is 9.98. The molecular weight excluding hydrogens is 338 g/mol. The van der Waals surface area contributed by atoms with Crippen LogP contribution in [0.5, 0.6) is 0 Å². The van der Waals surface area contributed by atoms with Crippen molar-refractivity contribution in [2.75, 3.05) is 18.4 Å². The number of aromatic nitrogens is 1. The Kier molecular flexibility index (Phi) is 9.18. The maximum absolute atomic E-state index is 12.7. The minimum absolute atomic E-state index is 0.0407. The number of nitrogens with zero attached hydrogens (tertiary/aromatic N) is 1. The summed E-state index contributed by atoms with van der Waals surface area (Å²) in [6, 6.07) is 13.0. The average molecular weight is 370 g/mol. The molecule has 2 rings (SSSR count). The monoisotopic (exact) mass is 369 g/mol. The zero-order valence-electron chi connectivity index (χ0n) is 16.2. The summed E-state index contributed by atoms with van der Waals surface area (Å²) in [6.45, 7) is 3.31. The van der Waals surface area contributed by atoms with Gasteiger partial charge in [-0.2, -0.15) is 0 Å². The molecule has 146 valence electrons. The molecule has 27 heavy (non-hydrogen) atoms. The zero-order valence-corrected chi connectivity index (χ0v) is 16.2. The predicted octanol–water partition coefficient (Wildman–Crippen LogP) is 4.85. The van der Waals surface area contributed by atoms with Gasteiger partial charge in [-0.1, -0.05) is 57.2 Å². The number of para-hydroxylation sites is 1. The average Bonchev–Trinajstić information content (AvgIpc) is 3.22. The van der Waals surface area contributed by atoms with Crippen LogP contribution >= 0.6 is 0 Å². The van der Waals surface area contributed by atoms with Crippen LogP contribution in [0, 0.1) is 0 Å². The Morgan fingerprint density at radius 2 is 1.67 bits per heavy atom. The van der Waals surface area contributed by atoms with Crippen LogP contribution in [0.15, 0.2) is 48.7 Å². The summed E-state index contributed by atoms with van der Waals surface area (Å²) in [5.41, 5.74) is 1.35. The summed E-state index contributed by atoms with van der Waals surface area (Å²) in [5.74, 6) is -0.116. The number of unbranched alkanes of at least 4 members (excludes halogenated alkanes) is 5. The van der Waals surface area contributed by atoms with Gasteiger partial charge in [0.25, 0.3) is 5.91 Å². The molecule has 2 N–H and O–H groups in total. The second-order valence-corrected chi connectivity index (χ2v) is 6.81. The number of rotatable bonds is 12. The second kappa shape index (κ2) is 11.9. The van der Waals surface area contributed by atoms with Crippen LogP contribution in [0.1, 0.15) is 62.4 Å². The molecule has 0 fully saturated rings. The Morgan fingerprint density at radius 1 is 0.926 bits per heavy atom. The van der Waals surface area contributed by atoms with E-state index in [1.807, 2.05) is 36.4 Å². The van der Waals surface area contributed by atoms with Gasteiger partial charge < -0.3 is 15.2 Å². The lowest BCUT2D eigenvalue weighted by molar-refractivity contribution is -0.116. The van der Waals surface area contributed by atoms with Crippen molar-refractivity contribution in [3.63, 3.8) is 0 Å². The maximum Gasteiger partial charge on any atom is 0.270 e. The molecule has 0 aliphatic carbocycles. The number of carbonyl (C=O) groups excluding carboxylic acids is 2. The van der Waals surface area contributed by atoms with Gasteiger partial charge in [0.15, 0.2) is 0 Å². The van der Waals surface area contributed by atoms with Crippen LogP contribution in [0.25, 0.3) is 0 Å². The van der Waals surface area contributed by atoms with Gasteiger partial charge in [0, 0.05) is 31.4 Å². The molecule has 0 aliphatic heterocycles. The summed E-state index contributed by atoms with van der Waals surface area (Å²) in [7, 11) is 0. The second-order valence-electron chi connectivity index (χ2n) is 6.81. The van der Waals surface area contributed by atoms with Gasteiger partial charge in [0.05, 0.1) is 0 Å². The molecule has 0 saturated heterocycles. The van der Waals surface area contributed by atoms with E-state index in [2.05, 4.69) is 17.2 Å². The van der Waals surface area contributed by atoms with Gasteiger partial charge in [-0.15, -0.1) is 0 Å². The van der Waals surface area contributed by atoms with E-state index < -0.39 is 0 Å². The first-order valence-corrected chi connectivity index (χ1v) is 9.98. The van der Waals surface area contributed by atoms with Gasteiger partial charge in [-0.3, -0.25) is 9.59 Å². The molecule has 0 atom stereocenters. The Morgan fingerprint density at radius 3 is 2.37 bits per heavy atom. The summed E-state index contributed by atoms with van der Waals surface area (Å²) >= 11 is 0. The number of benzene rings is 1. The normalized spacial score (nSPS) is 10.6. The molecule has 1 aromatic carbocycles. The molecular formula is C22H31N3O2. The van der Waals surface area contributed by atoms with E-state index in [0.29, 0.717) is 18.8 Å². The molecule has 0 radical (unpaired) electrons. The molecule has 2 aromatic rings. The molecule has 0 saturated carbocycles. The molecule has 5 heteroatoms.